The Bertz CT molecular complexity index is 522. The van der Waals surface area contributed by atoms with Crippen molar-refractivity contribution in [3.05, 3.63) is 41.6 Å². The number of benzene rings is 1. The summed E-state index contributed by atoms with van der Waals surface area (Å²) in [5.41, 5.74) is 6.90. The maximum absolute atomic E-state index is 11.7. The second-order valence-corrected chi connectivity index (χ2v) is 5.15. The van der Waals surface area contributed by atoms with Gasteiger partial charge in [-0.1, -0.05) is 44.2 Å². The standard InChI is InChI=1S/C16H22N2O3/c1-11(2)9-10-21-16(20)18-15(12(3)19)14(17)13-7-5-4-6-8-13/h4-8,11H,9-10,17H2,1-3H3,(H,18,20). The molecular weight excluding hydrogens is 268 g/mol. The molecule has 0 aromatic heterocycles. The highest BCUT2D eigenvalue weighted by atomic mass is 16.5. The number of carbonyl (C=O) groups is 2. The van der Waals surface area contributed by atoms with Crippen LogP contribution in [0.5, 0.6) is 0 Å². The van der Waals surface area contributed by atoms with Gasteiger partial charge in [0.05, 0.1) is 12.3 Å². The van der Waals surface area contributed by atoms with Gasteiger partial charge in [0.25, 0.3) is 0 Å². The number of Topliss-reactive ketones (excluding diaryl/α,β-unsaturated/α-hetero) is 1. The van der Waals surface area contributed by atoms with Crippen LogP contribution in [0.2, 0.25) is 0 Å². The number of nitrogens with one attached hydrogen (secondary N) is 1. The molecule has 5 heteroatoms. The minimum absolute atomic E-state index is 0.0516. The number of amides is 1. The number of hydrogen-bond acceptors (Lipinski definition) is 4. The Labute approximate surface area is 125 Å². The highest BCUT2D eigenvalue weighted by Crippen LogP contribution is 2.12. The number of rotatable bonds is 6. The van der Waals surface area contributed by atoms with E-state index in [1.54, 1.807) is 24.3 Å². The van der Waals surface area contributed by atoms with E-state index in [9.17, 15) is 9.59 Å². The zero-order chi connectivity index (χ0) is 15.8. The third-order valence-electron chi connectivity index (χ3n) is 2.86. The summed E-state index contributed by atoms with van der Waals surface area (Å²) in [4.78, 5) is 23.4. The van der Waals surface area contributed by atoms with E-state index in [0.717, 1.165) is 6.42 Å². The molecule has 0 saturated carbocycles. The Morgan fingerprint density at radius 2 is 1.86 bits per heavy atom. The highest BCUT2D eigenvalue weighted by Gasteiger charge is 2.15. The molecule has 0 spiro atoms. The quantitative estimate of drug-likeness (QED) is 0.789. The molecule has 0 aliphatic rings. The first-order valence-electron chi connectivity index (χ1n) is 6.91. The number of nitrogens with two attached hydrogens (primary N) is 1. The van der Waals surface area contributed by atoms with Crippen LogP contribution < -0.4 is 11.1 Å². The molecule has 0 aliphatic heterocycles. The van der Waals surface area contributed by atoms with Crippen LogP contribution in [0.15, 0.2) is 36.0 Å². The van der Waals surface area contributed by atoms with E-state index in [4.69, 9.17) is 10.5 Å². The normalized spacial score (nSPS) is 11.8. The molecule has 0 aliphatic carbocycles. The Kier molecular flexibility index (Phi) is 6.46. The van der Waals surface area contributed by atoms with Crippen molar-refractivity contribution in [1.82, 2.24) is 5.32 Å². The van der Waals surface area contributed by atoms with E-state index in [1.807, 2.05) is 19.9 Å². The van der Waals surface area contributed by atoms with Gasteiger partial charge in [-0.3, -0.25) is 10.1 Å². The van der Waals surface area contributed by atoms with Gasteiger partial charge in [-0.2, -0.15) is 0 Å². The number of alkyl carbamates (subject to hydrolysis) is 1. The average Bonchev–Trinajstić information content (AvgIpc) is 2.44. The minimum atomic E-state index is -0.667. The second-order valence-electron chi connectivity index (χ2n) is 5.15. The van der Waals surface area contributed by atoms with Crippen molar-refractivity contribution in [3.8, 4) is 0 Å². The molecule has 1 aromatic rings. The Morgan fingerprint density at radius 3 is 2.38 bits per heavy atom. The number of carbonyl (C=O) groups excluding carboxylic acids is 2. The van der Waals surface area contributed by atoms with Crippen LogP contribution >= 0.6 is 0 Å². The molecular formula is C16H22N2O3. The molecule has 0 saturated heterocycles. The van der Waals surface area contributed by atoms with Crippen LogP contribution in [0.4, 0.5) is 4.79 Å². The number of hydrogen-bond donors (Lipinski definition) is 2. The van der Waals surface area contributed by atoms with E-state index in [-0.39, 0.29) is 17.2 Å². The van der Waals surface area contributed by atoms with Crippen molar-refractivity contribution in [1.29, 1.82) is 0 Å². The summed E-state index contributed by atoms with van der Waals surface area (Å²) in [5, 5.41) is 2.43. The lowest BCUT2D eigenvalue weighted by molar-refractivity contribution is -0.113. The van der Waals surface area contributed by atoms with E-state index in [0.29, 0.717) is 18.1 Å². The fraction of sp³-hybridized carbons (Fsp3) is 0.375. The van der Waals surface area contributed by atoms with Crippen LogP contribution in [0, 0.1) is 5.92 Å². The fourth-order valence-electron chi connectivity index (χ4n) is 1.63. The van der Waals surface area contributed by atoms with Crippen molar-refractivity contribution in [2.45, 2.75) is 27.2 Å². The summed E-state index contributed by atoms with van der Waals surface area (Å²) in [7, 11) is 0. The molecule has 5 nitrogen and oxygen atoms in total. The maximum atomic E-state index is 11.7. The zero-order valence-electron chi connectivity index (χ0n) is 12.7. The van der Waals surface area contributed by atoms with Crippen LogP contribution in [-0.2, 0) is 9.53 Å². The monoisotopic (exact) mass is 290 g/mol. The van der Waals surface area contributed by atoms with E-state index in [1.165, 1.54) is 6.92 Å². The molecule has 0 heterocycles. The molecule has 0 bridgehead atoms. The van der Waals surface area contributed by atoms with Crippen LogP contribution in [0.1, 0.15) is 32.8 Å². The minimum Gasteiger partial charge on any atom is -0.449 e. The van der Waals surface area contributed by atoms with Crippen molar-refractivity contribution < 1.29 is 14.3 Å². The van der Waals surface area contributed by atoms with Crippen molar-refractivity contribution in [3.63, 3.8) is 0 Å². The summed E-state index contributed by atoms with van der Waals surface area (Å²) >= 11 is 0. The van der Waals surface area contributed by atoms with Gasteiger partial charge in [0.15, 0.2) is 5.78 Å². The summed E-state index contributed by atoms with van der Waals surface area (Å²) in [6, 6.07) is 8.99. The molecule has 114 valence electrons. The van der Waals surface area contributed by atoms with Gasteiger partial charge in [0, 0.05) is 6.92 Å². The Morgan fingerprint density at radius 1 is 1.24 bits per heavy atom. The molecule has 3 N–H and O–H groups in total. The first kappa shape index (κ1) is 16.8. The lowest BCUT2D eigenvalue weighted by Crippen LogP contribution is -2.30. The van der Waals surface area contributed by atoms with E-state index < -0.39 is 6.09 Å². The zero-order valence-corrected chi connectivity index (χ0v) is 12.7. The first-order valence-corrected chi connectivity index (χ1v) is 6.91. The van der Waals surface area contributed by atoms with Crippen LogP contribution in [0.25, 0.3) is 5.70 Å². The van der Waals surface area contributed by atoms with Crippen molar-refractivity contribution in [2.75, 3.05) is 6.61 Å². The summed E-state index contributed by atoms with van der Waals surface area (Å²) in [5.74, 6) is 0.118. The van der Waals surface area contributed by atoms with E-state index in [2.05, 4.69) is 5.32 Å². The summed E-state index contributed by atoms with van der Waals surface area (Å²) < 4.78 is 5.03. The maximum Gasteiger partial charge on any atom is 0.411 e. The molecule has 0 unspecified atom stereocenters. The highest BCUT2D eigenvalue weighted by molar-refractivity contribution is 6.02. The van der Waals surface area contributed by atoms with E-state index >= 15 is 0 Å². The first-order chi connectivity index (χ1) is 9.91. The van der Waals surface area contributed by atoms with Gasteiger partial charge < -0.3 is 10.5 Å². The number of ketones is 1. The number of allylic oxidation sites excluding steroid dienone is 1. The molecule has 1 amide bonds. The lowest BCUT2D eigenvalue weighted by atomic mass is 10.1. The topological polar surface area (TPSA) is 81.4 Å². The van der Waals surface area contributed by atoms with Crippen molar-refractivity contribution >= 4 is 17.6 Å². The lowest BCUT2D eigenvalue weighted by Gasteiger charge is -2.12. The smallest absolute Gasteiger partial charge is 0.411 e. The largest absolute Gasteiger partial charge is 0.449 e. The molecule has 0 fully saturated rings. The average molecular weight is 290 g/mol. The van der Waals surface area contributed by atoms with Gasteiger partial charge in [-0.15, -0.1) is 0 Å². The number of ether oxygens (including phenoxy) is 1. The molecule has 21 heavy (non-hydrogen) atoms. The third kappa shape index (κ3) is 5.69. The SMILES string of the molecule is CC(=O)C(NC(=O)OCCC(C)C)=C(N)c1ccccc1. The predicted octanol–water partition coefficient (Wildman–Crippen LogP) is 2.68. The fourth-order valence-corrected chi connectivity index (χ4v) is 1.63. The molecule has 1 rings (SSSR count). The molecule has 0 radical (unpaired) electrons. The second kappa shape index (κ2) is 8.09. The summed E-state index contributed by atoms with van der Waals surface area (Å²) in [6.07, 6.45) is 0.0977. The Hall–Kier alpha value is -2.30. The van der Waals surface area contributed by atoms with Gasteiger partial charge in [-0.25, -0.2) is 4.79 Å². The van der Waals surface area contributed by atoms with Gasteiger partial charge in [0.1, 0.15) is 5.70 Å². The molecule has 1 aromatic carbocycles. The van der Waals surface area contributed by atoms with Gasteiger partial charge in [-0.05, 0) is 17.9 Å². The van der Waals surface area contributed by atoms with Crippen LogP contribution in [0.3, 0.4) is 0 Å². The van der Waals surface area contributed by atoms with Gasteiger partial charge >= 0.3 is 6.09 Å². The van der Waals surface area contributed by atoms with Crippen LogP contribution in [-0.4, -0.2) is 18.5 Å². The molecule has 0 atom stereocenters. The predicted molar refractivity (Wildman–Crippen MR) is 82.2 cm³/mol. The van der Waals surface area contributed by atoms with Gasteiger partial charge in [0.2, 0.25) is 0 Å². The van der Waals surface area contributed by atoms with Crippen molar-refractivity contribution in [2.24, 2.45) is 11.7 Å². The summed E-state index contributed by atoms with van der Waals surface area (Å²) in [6.45, 7) is 5.73. The third-order valence-corrected chi connectivity index (χ3v) is 2.86. The Balaban J connectivity index is 2.79.